The summed E-state index contributed by atoms with van der Waals surface area (Å²) in [5, 5.41) is 25.8. The van der Waals surface area contributed by atoms with Crippen LogP contribution in [0.2, 0.25) is 0 Å². The predicted molar refractivity (Wildman–Crippen MR) is 92.2 cm³/mol. The highest BCUT2D eigenvalue weighted by atomic mass is 32.2. The minimum atomic E-state index is -0.835. The fraction of sp³-hybridized carbons (Fsp3) is 0.286. The second-order valence-corrected chi connectivity index (χ2v) is 7.71. The predicted octanol–water partition coefficient (Wildman–Crippen LogP) is 2.52. The number of thiophene rings is 1. The summed E-state index contributed by atoms with van der Waals surface area (Å²) in [6.45, 7) is 2.40. The number of aromatic nitrogens is 5. The number of aryl methyl sites for hydroxylation is 1. The second kappa shape index (κ2) is 7.65. The Morgan fingerprint density at radius 2 is 2.38 bits per heavy atom. The summed E-state index contributed by atoms with van der Waals surface area (Å²) >= 11 is 4.19. The number of rotatable bonds is 7. The molecule has 0 saturated carbocycles. The first kappa shape index (κ1) is 16.8. The lowest BCUT2D eigenvalue weighted by Gasteiger charge is -2.05. The first-order valence-corrected chi connectivity index (χ1v) is 9.67. The van der Waals surface area contributed by atoms with Gasteiger partial charge in [-0.25, -0.2) is 9.67 Å². The molecule has 0 radical (unpaired) electrons. The van der Waals surface area contributed by atoms with Crippen LogP contribution in [0.3, 0.4) is 0 Å². The third-order valence-electron chi connectivity index (χ3n) is 3.06. The average Bonchev–Trinajstić information content (AvgIpc) is 3.30. The largest absolute Gasteiger partial charge is 0.297 e. The van der Waals surface area contributed by atoms with E-state index in [1.54, 1.807) is 16.0 Å². The number of nitrogens with zero attached hydrogens (tertiary/aromatic N) is 6. The van der Waals surface area contributed by atoms with Crippen molar-refractivity contribution in [3.8, 4) is 6.07 Å². The molecule has 0 aliphatic rings. The number of hydrogen-bond acceptors (Lipinski definition) is 9. The Morgan fingerprint density at radius 1 is 1.50 bits per heavy atom. The summed E-state index contributed by atoms with van der Waals surface area (Å²) in [4.78, 5) is 17.7. The fourth-order valence-corrected chi connectivity index (χ4v) is 4.27. The molecule has 0 saturated heterocycles. The van der Waals surface area contributed by atoms with E-state index in [1.165, 1.54) is 23.1 Å². The molecule has 0 fully saturated rings. The molecule has 0 aromatic carbocycles. The Kier molecular flexibility index (Phi) is 5.34. The number of carbonyl (C=O) groups excluding carboxylic acids is 1. The molecule has 1 atom stereocenters. The van der Waals surface area contributed by atoms with Crippen molar-refractivity contribution in [3.05, 3.63) is 38.5 Å². The molecule has 0 aliphatic carbocycles. The van der Waals surface area contributed by atoms with E-state index in [4.69, 9.17) is 0 Å². The molecule has 3 rings (SSSR count). The molecule has 0 bridgehead atoms. The zero-order chi connectivity index (χ0) is 16.9. The quantitative estimate of drug-likeness (QED) is 0.584. The molecule has 3 heterocycles. The summed E-state index contributed by atoms with van der Waals surface area (Å²) in [6.07, 6.45) is 0. The molecule has 0 aliphatic heterocycles. The van der Waals surface area contributed by atoms with Crippen molar-refractivity contribution < 1.29 is 4.79 Å². The Hall–Kier alpha value is -2.09. The summed E-state index contributed by atoms with van der Waals surface area (Å²) in [5.74, 6) is -0.901. The maximum absolute atomic E-state index is 12.4. The highest BCUT2D eigenvalue weighted by Crippen LogP contribution is 2.24. The molecule has 3 aromatic heterocycles. The number of nitriles is 1. The second-order valence-electron chi connectivity index (χ2n) is 4.84. The molecule has 7 nitrogen and oxygen atoms in total. The van der Waals surface area contributed by atoms with Crippen LogP contribution in [0.4, 0.5) is 0 Å². The summed E-state index contributed by atoms with van der Waals surface area (Å²) in [5.41, 5.74) is 0.815. The van der Waals surface area contributed by atoms with Crippen LogP contribution in [0.1, 0.15) is 21.5 Å². The van der Waals surface area contributed by atoms with Crippen molar-refractivity contribution in [1.82, 2.24) is 25.2 Å². The van der Waals surface area contributed by atoms with Gasteiger partial charge in [-0.1, -0.05) is 17.8 Å². The number of Topliss-reactive ketones (excluding diaryl/α,β-unsaturated/α-hetero) is 1. The van der Waals surface area contributed by atoms with E-state index in [1.807, 2.05) is 35.9 Å². The molecule has 122 valence electrons. The molecular formula is C14H12N6OS3. The summed E-state index contributed by atoms with van der Waals surface area (Å²) in [6, 6.07) is 6.01. The van der Waals surface area contributed by atoms with E-state index < -0.39 is 5.92 Å². The smallest absolute Gasteiger partial charge is 0.210 e. The van der Waals surface area contributed by atoms with Gasteiger partial charge in [0.15, 0.2) is 11.7 Å². The summed E-state index contributed by atoms with van der Waals surface area (Å²) < 4.78 is 1.65. The molecule has 10 heteroatoms. The molecule has 0 N–H and O–H groups in total. The normalized spacial score (nSPS) is 12.0. The fourth-order valence-electron chi connectivity index (χ4n) is 1.94. The maximum Gasteiger partial charge on any atom is 0.210 e. The van der Waals surface area contributed by atoms with Gasteiger partial charge >= 0.3 is 0 Å². The van der Waals surface area contributed by atoms with Gasteiger partial charge in [0, 0.05) is 16.0 Å². The van der Waals surface area contributed by atoms with E-state index >= 15 is 0 Å². The molecule has 0 spiro atoms. The average molecular weight is 376 g/mol. The van der Waals surface area contributed by atoms with E-state index in [9.17, 15) is 10.1 Å². The summed E-state index contributed by atoms with van der Waals surface area (Å²) in [7, 11) is 0. The Morgan fingerprint density at radius 3 is 3.04 bits per heavy atom. The van der Waals surface area contributed by atoms with Crippen molar-refractivity contribution in [3.63, 3.8) is 0 Å². The third kappa shape index (κ3) is 3.87. The van der Waals surface area contributed by atoms with Gasteiger partial charge in [0.1, 0.15) is 5.01 Å². The highest BCUT2D eigenvalue weighted by Gasteiger charge is 2.24. The zero-order valence-corrected chi connectivity index (χ0v) is 15.1. The van der Waals surface area contributed by atoms with Crippen LogP contribution in [0, 0.1) is 18.3 Å². The van der Waals surface area contributed by atoms with Crippen molar-refractivity contribution >= 4 is 40.2 Å². The Labute approximate surface area is 150 Å². The van der Waals surface area contributed by atoms with Crippen LogP contribution in [-0.4, -0.2) is 36.7 Å². The number of ketones is 1. The lowest BCUT2D eigenvalue weighted by atomic mass is 10.1. The van der Waals surface area contributed by atoms with E-state index in [0.29, 0.717) is 16.7 Å². The number of thiazole rings is 1. The first-order valence-electron chi connectivity index (χ1n) is 6.93. The molecular weight excluding hydrogens is 364 g/mol. The molecule has 0 unspecified atom stereocenters. The van der Waals surface area contributed by atoms with Gasteiger partial charge in [0.05, 0.1) is 18.4 Å². The SMILES string of the molecule is Cc1csc([C@@H](C#N)C(=O)CSc2nnnn2Cc2cccs2)n1. The van der Waals surface area contributed by atoms with Crippen molar-refractivity contribution in [2.24, 2.45) is 0 Å². The third-order valence-corrected chi connectivity index (χ3v) is 5.93. The van der Waals surface area contributed by atoms with Crippen LogP contribution in [0.25, 0.3) is 0 Å². The van der Waals surface area contributed by atoms with Crippen LogP contribution in [0.15, 0.2) is 28.0 Å². The van der Waals surface area contributed by atoms with Crippen molar-refractivity contribution in [2.45, 2.75) is 24.5 Å². The van der Waals surface area contributed by atoms with Crippen LogP contribution in [-0.2, 0) is 11.3 Å². The minimum Gasteiger partial charge on any atom is -0.297 e. The Bertz CT molecular complexity index is 863. The molecule has 24 heavy (non-hydrogen) atoms. The number of hydrogen-bond donors (Lipinski definition) is 0. The Balaban J connectivity index is 1.64. The van der Waals surface area contributed by atoms with Crippen LogP contribution < -0.4 is 0 Å². The van der Waals surface area contributed by atoms with Gasteiger partial charge in [-0.05, 0) is 28.8 Å². The number of carbonyl (C=O) groups is 1. The van der Waals surface area contributed by atoms with Gasteiger partial charge < -0.3 is 0 Å². The standard InChI is InChI=1S/C14H12N6OS3/c1-9-7-23-13(16-9)11(5-15)12(21)8-24-14-17-18-19-20(14)6-10-3-2-4-22-10/h2-4,7,11H,6,8H2,1H3/t11-/m0/s1. The van der Waals surface area contributed by atoms with E-state index in [0.717, 1.165) is 10.6 Å². The van der Waals surface area contributed by atoms with Gasteiger partial charge in [0.2, 0.25) is 5.16 Å². The van der Waals surface area contributed by atoms with Gasteiger partial charge in [-0.3, -0.25) is 4.79 Å². The van der Waals surface area contributed by atoms with Crippen LogP contribution in [0.5, 0.6) is 0 Å². The van der Waals surface area contributed by atoms with Crippen LogP contribution >= 0.6 is 34.4 Å². The lowest BCUT2D eigenvalue weighted by Crippen LogP contribution is -2.14. The van der Waals surface area contributed by atoms with E-state index in [2.05, 4.69) is 20.5 Å². The molecule has 0 amide bonds. The monoisotopic (exact) mass is 376 g/mol. The van der Waals surface area contributed by atoms with Gasteiger partial charge in [-0.15, -0.1) is 27.8 Å². The number of thioether (sulfide) groups is 1. The topological polar surface area (TPSA) is 97.4 Å². The first-order chi connectivity index (χ1) is 11.7. The number of tetrazole rings is 1. The van der Waals surface area contributed by atoms with Crippen molar-refractivity contribution in [1.29, 1.82) is 5.26 Å². The van der Waals surface area contributed by atoms with E-state index in [-0.39, 0.29) is 11.5 Å². The van der Waals surface area contributed by atoms with Crippen molar-refractivity contribution in [2.75, 3.05) is 5.75 Å². The van der Waals surface area contributed by atoms with Gasteiger partial charge in [0.25, 0.3) is 0 Å². The molecule has 3 aromatic rings. The minimum absolute atomic E-state index is 0.127. The maximum atomic E-state index is 12.4. The zero-order valence-electron chi connectivity index (χ0n) is 12.6. The lowest BCUT2D eigenvalue weighted by molar-refractivity contribution is -0.116. The highest BCUT2D eigenvalue weighted by molar-refractivity contribution is 7.99. The van der Waals surface area contributed by atoms with Gasteiger partial charge in [-0.2, -0.15) is 5.26 Å².